The van der Waals surface area contributed by atoms with E-state index >= 15 is 0 Å². The largest absolute Gasteiger partial charge is 0.356 e. The maximum absolute atomic E-state index is 12.2. The number of hydrogen-bond acceptors (Lipinski definition) is 6. The molecule has 0 aliphatic carbocycles. The van der Waals surface area contributed by atoms with Gasteiger partial charge in [0.15, 0.2) is 5.16 Å². The van der Waals surface area contributed by atoms with Gasteiger partial charge in [0.2, 0.25) is 15.9 Å². The van der Waals surface area contributed by atoms with Crippen LogP contribution < -0.4 is 16.0 Å². The Labute approximate surface area is 161 Å². The molecular formula is C17H20N4O4S2. The first-order valence-electron chi connectivity index (χ1n) is 8.35. The van der Waals surface area contributed by atoms with Gasteiger partial charge in [-0.15, -0.1) is 0 Å². The van der Waals surface area contributed by atoms with Crippen molar-refractivity contribution in [2.75, 3.05) is 12.3 Å². The summed E-state index contributed by atoms with van der Waals surface area (Å²) < 4.78 is 24.1. The third kappa shape index (κ3) is 4.76. The molecule has 3 rings (SSSR count). The summed E-state index contributed by atoms with van der Waals surface area (Å²) in [6.45, 7) is 2.19. The van der Waals surface area contributed by atoms with Crippen molar-refractivity contribution in [2.45, 2.75) is 35.9 Å². The maximum atomic E-state index is 12.2. The van der Waals surface area contributed by atoms with Gasteiger partial charge in [0, 0.05) is 30.5 Å². The Morgan fingerprint density at radius 3 is 2.74 bits per heavy atom. The number of thioether (sulfide) groups is 1. The van der Waals surface area contributed by atoms with Gasteiger partial charge in [0.1, 0.15) is 0 Å². The van der Waals surface area contributed by atoms with Crippen LogP contribution >= 0.6 is 11.8 Å². The van der Waals surface area contributed by atoms with Crippen molar-refractivity contribution in [1.29, 1.82) is 0 Å². The normalized spacial score (nSPS) is 16.1. The van der Waals surface area contributed by atoms with Gasteiger partial charge < -0.3 is 5.32 Å². The minimum absolute atomic E-state index is 0.0574. The van der Waals surface area contributed by atoms with Crippen molar-refractivity contribution in [2.24, 2.45) is 5.14 Å². The zero-order valence-electron chi connectivity index (χ0n) is 14.7. The van der Waals surface area contributed by atoms with E-state index in [1.165, 1.54) is 30.0 Å². The van der Waals surface area contributed by atoms with Crippen molar-refractivity contribution in [1.82, 2.24) is 14.9 Å². The molecule has 1 unspecified atom stereocenters. The molecule has 0 bridgehead atoms. The van der Waals surface area contributed by atoms with Gasteiger partial charge in [-0.2, -0.15) is 0 Å². The Morgan fingerprint density at radius 2 is 2.07 bits per heavy atom. The van der Waals surface area contributed by atoms with E-state index in [0.717, 1.165) is 5.56 Å². The minimum atomic E-state index is -3.70. The average molecular weight is 409 g/mol. The summed E-state index contributed by atoms with van der Waals surface area (Å²) in [5.41, 5.74) is 1.44. The van der Waals surface area contributed by atoms with Gasteiger partial charge in [0.05, 0.1) is 10.9 Å². The molecule has 1 amide bonds. The van der Waals surface area contributed by atoms with Crippen LogP contribution in [0.1, 0.15) is 23.7 Å². The number of carbonyl (C=O) groups is 1. The molecule has 0 saturated heterocycles. The lowest BCUT2D eigenvalue weighted by Crippen LogP contribution is -2.31. The zero-order chi connectivity index (χ0) is 19.6. The molecule has 2 heterocycles. The highest BCUT2D eigenvalue weighted by Gasteiger charge is 2.27. The Kier molecular flexibility index (Phi) is 5.68. The second-order valence-electron chi connectivity index (χ2n) is 6.35. The highest BCUT2D eigenvalue weighted by molar-refractivity contribution is 7.99. The lowest BCUT2D eigenvalue weighted by atomic mass is 10.1. The SMILES string of the molecule is Cc1cc(=O)n2c(n1)SCC2CC(=O)NCCc1ccc(S(N)(=O)=O)cc1. The first-order chi connectivity index (χ1) is 12.7. The zero-order valence-corrected chi connectivity index (χ0v) is 16.3. The van der Waals surface area contributed by atoms with Gasteiger partial charge in [0.25, 0.3) is 5.56 Å². The van der Waals surface area contributed by atoms with Crippen LogP contribution in [0.2, 0.25) is 0 Å². The van der Waals surface area contributed by atoms with E-state index in [4.69, 9.17) is 5.14 Å². The molecule has 2 aromatic rings. The van der Waals surface area contributed by atoms with Gasteiger partial charge in [-0.25, -0.2) is 18.5 Å². The van der Waals surface area contributed by atoms with Crippen molar-refractivity contribution in [3.05, 3.63) is 51.9 Å². The molecule has 27 heavy (non-hydrogen) atoms. The van der Waals surface area contributed by atoms with Crippen LogP contribution in [0, 0.1) is 6.92 Å². The number of nitrogens with two attached hydrogens (primary N) is 1. The first kappa shape index (κ1) is 19.6. The van der Waals surface area contributed by atoms with Crippen molar-refractivity contribution in [3.8, 4) is 0 Å². The molecule has 144 valence electrons. The summed E-state index contributed by atoms with van der Waals surface area (Å²) in [5, 5.41) is 8.56. The third-order valence-electron chi connectivity index (χ3n) is 4.23. The number of fused-ring (bicyclic) bond motifs is 1. The maximum Gasteiger partial charge on any atom is 0.254 e. The molecule has 1 aromatic carbocycles. The molecule has 0 radical (unpaired) electrons. The Hall–Kier alpha value is -2.17. The minimum Gasteiger partial charge on any atom is -0.356 e. The number of aromatic nitrogens is 2. The van der Waals surface area contributed by atoms with Crippen LogP contribution in [0.25, 0.3) is 0 Å². The van der Waals surface area contributed by atoms with Crippen LogP contribution in [-0.4, -0.2) is 36.2 Å². The molecule has 1 aliphatic heterocycles. The monoisotopic (exact) mass is 408 g/mol. The van der Waals surface area contributed by atoms with Crippen LogP contribution in [0.3, 0.4) is 0 Å². The fourth-order valence-electron chi connectivity index (χ4n) is 2.89. The Balaban J connectivity index is 1.52. The summed E-state index contributed by atoms with van der Waals surface area (Å²) >= 11 is 1.48. The first-order valence-corrected chi connectivity index (χ1v) is 10.9. The van der Waals surface area contributed by atoms with E-state index in [1.807, 2.05) is 0 Å². The van der Waals surface area contributed by atoms with E-state index in [1.54, 1.807) is 23.6 Å². The summed E-state index contributed by atoms with van der Waals surface area (Å²) in [4.78, 5) is 28.8. The van der Waals surface area contributed by atoms with Gasteiger partial charge in [-0.05, 0) is 31.0 Å². The number of hydrogen-bond donors (Lipinski definition) is 2. The molecule has 1 aromatic heterocycles. The van der Waals surface area contributed by atoms with Crippen LogP contribution in [0.5, 0.6) is 0 Å². The van der Waals surface area contributed by atoms with Gasteiger partial charge >= 0.3 is 0 Å². The lowest BCUT2D eigenvalue weighted by Gasteiger charge is -2.13. The fourth-order valence-corrected chi connectivity index (χ4v) is 4.60. The summed E-state index contributed by atoms with van der Waals surface area (Å²) in [5.74, 6) is 0.510. The second-order valence-corrected chi connectivity index (χ2v) is 8.89. The van der Waals surface area contributed by atoms with Crippen molar-refractivity contribution >= 4 is 27.7 Å². The number of rotatable bonds is 6. The predicted molar refractivity (Wildman–Crippen MR) is 102 cm³/mol. The topological polar surface area (TPSA) is 124 Å². The smallest absolute Gasteiger partial charge is 0.254 e. The van der Waals surface area contributed by atoms with Crippen LogP contribution in [-0.2, 0) is 21.2 Å². The van der Waals surface area contributed by atoms with E-state index in [2.05, 4.69) is 10.3 Å². The highest BCUT2D eigenvalue weighted by Crippen LogP contribution is 2.31. The molecule has 0 fully saturated rings. The molecule has 3 N–H and O–H groups in total. The Morgan fingerprint density at radius 1 is 1.37 bits per heavy atom. The number of benzene rings is 1. The van der Waals surface area contributed by atoms with Crippen LogP contribution in [0.15, 0.2) is 45.2 Å². The molecule has 10 heteroatoms. The van der Waals surface area contributed by atoms with Gasteiger partial charge in [-0.1, -0.05) is 23.9 Å². The summed E-state index contributed by atoms with van der Waals surface area (Å²) in [6, 6.07) is 7.51. The average Bonchev–Trinajstić information content (AvgIpc) is 2.97. The number of primary sulfonamides is 1. The third-order valence-corrected chi connectivity index (χ3v) is 6.25. The predicted octanol–water partition coefficient (Wildman–Crippen LogP) is 0.595. The molecule has 0 saturated carbocycles. The standard InChI is InChI=1S/C17H20N4O4S2/c1-11-8-16(23)21-13(10-26-17(21)20-11)9-15(22)19-7-6-12-2-4-14(5-3-12)27(18,24)25/h2-5,8,13H,6-7,9-10H2,1H3,(H,19,22)(H2,18,24,25). The molecule has 0 spiro atoms. The van der Waals surface area contributed by atoms with Crippen molar-refractivity contribution < 1.29 is 13.2 Å². The Bertz CT molecular complexity index is 1020. The quantitative estimate of drug-likeness (QED) is 0.675. The highest BCUT2D eigenvalue weighted by atomic mass is 32.2. The van der Waals surface area contributed by atoms with E-state index in [-0.39, 0.29) is 28.8 Å². The summed E-state index contributed by atoms with van der Waals surface area (Å²) in [6.07, 6.45) is 0.780. The lowest BCUT2D eigenvalue weighted by molar-refractivity contribution is -0.121. The number of amides is 1. The molecule has 1 aliphatic rings. The number of nitrogens with zero attached hydrogens (tertiary/aromatic N) is 2. The molecular weight excluding hydrogens is 388 g/mol. The van der Waals surface area contributed by atoms with E-state index in [0.29, 0.717) is 29.6 Å². The van der Waals surface area contributed by atoms with Gasteiger partial charge in [-0.3, -0.25) is 14.2 Å². The number of carbonyl (C=O) groups excluding carboxylic acids is 1. The number of aryl methyl sites for hydroxylation is 1. The summed E-state index contributed by atoms with van der Waals surface area (Å²) in [7, 11) is -3.70. The van der Waals surface area contributed by atoms with Crippen LogP contribution in [0.4, 0.5) is 0 Å². The fraction of sp³-hybridized carbons (Fsp3) is 0.353. The van der Waals surface area contributed by atoms with E-state index in [9.17, 15) is 18.0 Å². The second kappa shape index (κ2) is 7.83. The molecule has 8 nitrogen and oxygen atoms in total. The number of nitrogens with one attached hydrogen (secondary N) is 1. The van der Waals surface area contributed by atoms with E-state index < -0.39 is 10.0 Å². The number of sulfonamides is 1. The molecule has 1 atom stereocenters. The van der Waals surface area contributed by atoms with Crippen molar-refractivity contribution in [3.63, 3.8) is 0 Å².